The Labute approximate surface area is 267 Å². The molecule has 248 valence electrons. The van der Waals surface area contributed by atoms with Gasteiger partial charge < -0.3 is 23.7 Å². The predicted octanol–water partition coefficient (Wildman–Crippen LogP) is 7.59. The fourth-order valence-electron chi connectivity index (χ4n) is 13.2. The Morgan fingerprint density at radius 1 is 0.978 bits per heavy atom. The van der Waals surface area contributed by atoms with Crippen molar-refractivity contribution < 1.29 is 33.4 Å². The molecule has 1 aromatic rings. The van der Waals surface area contributed by atoms with Gasteiger partial charge in [-0.15, -0.1) is 0 Å². The lowest BCUT2D eigenvalue weighted by atomic mass is 9.41. The summed E-state index contributed by atoms with van der Waals surface area (Å²) in [6.07, 6.45) is 8.80. The van der Waals surface area contributed by atoms with Crippen molar-refractivity contribution in [2.24, 2.45) is 50.7 Å². The van der Waals surface area contributed by atoms with Crippen LogP contribution in [-0.4, -0.2) is 56.3 Å². The highest BCUT2D eigenvalue weighted by Crippen LogP contribution is 2.89. The van der Waals surface area contributed by atoms with E-state index in [1.165, 1.54) is 62.8 Å². The molecule has 1 aliphatic heterocycles. The molecular formula is C36H51NO8. The normalized spacial score (nSPS) is 47.3. The largest absolute Gasteiger partial charge is 0.513 e. The molecule has 12 atom stereocenters. The Hall–Kier alpha value is -2.23. The van der Waals surface area contributed by atoms with Gasteiger partial charge in [-0.25, -0.2) is 4.79 Å². The summed E-state index contributed by atoms with van der Waals surface area (Å²) < 4.78 is 30.3. The van der Waals surface area contributed by atoms with Gasteiger partial charge in [0.25, 0.3) is 5.69 Å². The molecule has 5 saturated carbocycles. The Kier molecular flexibility index (Phi) is 7.24. The molecule has 1 heterocycles. The molecule has 1 aromatic carbocycles. The molecule has 7 rings (SSSR count). The molecule has 0 radical (unpaired) electrons. The number of methoxy groups -OCH3 is 2. The number of fused-ring (bicyclic) bond motifs is 4. The second-order valence-electron chi connectivity index (χ2n) is 16.5. The molecule has 2 spiro atoms. The van der Waals surface area contributed by atoms with Crippen LogP contribution in [0.4, 0.5) is 10.5 Å². The monoisotopic (exact) mass is 625 g/mol. The standard InChI is InChI=1S/C36H51NO8/c1-21-18-24(19-43-31(38)45-23-10-8-22(9-11-23)37(39)40)44-29-28(21)33(4)16-17-36-20-35(36)15-14-27(41-6)32(2,3)25(35)12-13-26(36)34(33,5)30(29)42-7/h8-11,21,24-30H,12-20H2,1-7H3/t21-,24-,25+,26+,27+,28+,29+,30+,33-,34-,35-,36+/m1/s1. The van der Waals surface area contributed by atoms with Gasteiger partial charge in [-0.05, 0) is 109 Å². The van der Waals surface area contributed by atoms with E-state index in [0.29, 0.717) is 40.6 Å². The number of rotatable bonds is 6. The van der Waals surface area contributed by atoms with Crippen LogP contribution in [0.2, 0.25) is 0 Å². The summed E-state index contributed by atoms with van der Waals surface area (Å²) in [5.41, 5.74) is 1.03. The number of benzene rings is 1. The van der Waals surface area contributed by atoms with E-state index in [1.807, 2.05) is 14.2 Å². The van der Waals surface area contributed by atoms with Gasteiger partial charge in [0, 0.05) is 31.8 Å². The predicted molar refractivity (Wildman–Crippen MR) is 167 cm³/mol. The van der Waals surface area contributed by atoms with Gasteiger partial charge in [0.05, 0.1) is 29.3 Å². The first-order valence-corrected chi connectivity index (χ1v) is 17.1. The molecule has 0 amide bonds. The number of hydrogen-bond donors (Lipinski definition) is 0. The van der Waals surface area contributed by atoms with Crippen molar-refractivity contribution in [3.05, 3.63) is 34.4 Å². The topological polar surface area (TPSA) is 106 Å². The number of carbonyl (C=O) groups is 1. The van der Waals surface area contributed by atoms with Crippen molar-refractivity contribution in [3.8, 4) is 5.75 Å². The summed E-state index contributed by atoms with van der Waals surface area (Å²) >= 11 is 0. The Morgan fingerprint density at radius 2 is 1.67 bits per heavy atom. The summed E-state index contributed by atoms with van der Waals surface area (Å²) in [5, 5.41) is 10.9. The van der Waals surface area contributed by atoms with E-state index in [2.05, 4.69) is 34.6 Å². The second kappa shape index (κ2) is 10.4. The van der Waals surface area contributed by atoms with Gasteiger partial charge in [-0.2, -0.15) is 0 Å². The van der Waals surface area contributed by atoms with Gasteiger partial charge in [-0.3, -0.25) is 10.1 Å². The Bertz CT molecular complexity index is 1350. The summed E-state index contributed by atoms with van der Waals surface area (Å²) in [4.78, 5) is 23.0. The highest BCUT2D eigenvalue weighted by Gasteiger charge is 2.84. The minimum Gasteiger partial charge on any atom is -0.431 e. The lowest BCUT2D eigenvalue weighted by Crippen LogP contribution is -2.60. The lowest BCUT2D eigenvalue weighted by Gasteiger charge is -2.64. The molecule has 9 nitrogen and oxygen atoms in total. The highest BCUT2D eigenvalue weighted by atomic mass is 16.7. The van der Waals surface area contributed by atoms with Crippen LogP contribution in [0.3, 0.4) is 0 Å². The third-order valence-electron chi connectivity index (χ3n) is 15.0. The number of nitro groups is 1. The van der Waals surface area contributed by atoms with Crippen LogP contribution in [-0.2, 0) is 18.9 Å². The quantitative estimate of drug-likeness (QED) is 0.138. The molecule has 6 aliphatic rings. The zero-order valence-corrected chi connectivity index (χ0v) is 28.0. The average molecular weight is 626 g/mol. The van der Waals surface area contributed by atoms with Crippen LogP contribution in [0.15, 0.2) is 24.3 Å². The lowest BCUT2D eigenvalue weighted by molar-refractivity contribution is -0.384. The Balaban J connectivity index is 1.09. The minimum atomic E-state index is -0.839. The summed E-state index contributed by atoms with van der Waals surface area (Å²) in [6.45, 7) is 12.5. The van der Waals surface area contributed by atoms with E-state index < -0.39 is 11.1 Å². The van der Waals surface area contributed by atoms with E-state index in [-0.39, 0.29) is 52.6 Å². The van der Waals surface area contributed by atoms with Gasteiger partial charge in [0.2, 0.25) is 0 Å². The van der Waals surface area contributed by atoms with Crippen molar-refractivity contribution in [1.82, 2.24) is 0 Å². The van der Waals surface area contributed by atoms with Crippen LogP contribution in [0.1, 0.15) is 86.0 Å². The summed E-state index contributed by atoms with van der Waals surface area (Å²) in [5.74, 6) is 2.28. The molecule has 9 heteroatoms. The molecule has 6 fully saturated rings. The molecule has 0 N–H and O–H groups in total. The first-order valence-electron chi connectivity index (χ1n) is 17.1. The van der Waals surface area contributed by atoms with Crippen LogP contribution in [0.5, 0.6) is 5.75 Å². The molecule has 0 bridgehead atoms. The highest BCUT2D eigenvalue weighted by molar-refractivity contribution is 5.64. The zero-order chi connectivity index (χ0) is 32.2. The van der Waals surface area contributed by atoms with E-state index in [1.54, 1.807) is 0 Å². The first-order chi connectivity index (χ1) is 21.3. The van der Waals surface area contributed by atoms with Crippen LogP contribution in [0.25, 0.3) is 0 Å². The maximum absolute atomic E-state index is 12.5. The van der Waals surface area contributed by atoms with Crippen molar-refractivity contribution >= 4 is 11.8 Å². The summed E-state index contributed by atoms with van der Waals surface area (Å²) in [6, 6.07) is 5.38. The van der Waals surface area contributed by atoms with E-state index in [9.17, 15) is 14.9 Å². The van der Waals surface area contributed by atoms with Crippen LogP contribution in [0, 0.1) is 60.9 Å². The van der Waals surface area contributed by atoms with E-state index in [0.717, 1.165) is 12.8 Å². The van der Waals surface area contributed by atoms with E-state index >= 15 is 0 Å². The van der Waals surface area contributed by atoms with Crippen molar-refractivity contribution in [2.45, 2.75) is 110 Å². The minimum absolute atomic E-state index is 0.00902. The maximum atomic E-state index is 12.5. The van der Waals surface area contributed by atoms with Crippen LogP contribution >= 0.6 is 0 Å². The second-order valence-corrected chi connectivity index (χ2v) is 16.5. The van der Waals surface area contributed by atoms with Gasteiger partial charge in [0.15, 0.2) is 0 Å². The number of nitro benzene ring substituents is 1. The summed E-state index contributed by atoms with van der Waals surface area (Å²) in [7, 11) is 3.77. The number of hydrogen-bond acceptors (Lipinski definition) is 8. The SMILES string of the molecule is CO[C@H]1CC[C@]23C[C@]24CC[C@]2(C)[C@@H]5[C@H](O[C@@H](COC(=O)Oc6ccc([N+](=O)[O-])cc6)C[C@H]5C)[C@H](OC)[C@@]2(C)[C@@H]4CC[C@H]3C1(C)C. The van der Waals surface area contributed by atoms with Crippen molar-refractivity contribution in [3.63, 3.8) is 0 Å². The van der Waals surface area contributed by atoms with Crippen molar-refractivity contribution in [2.75, 3.05) is 20.8 Å². The van der Waals surface area contributed by atoms with Gasteiger partial charge in [-0.1, -0.05) is 34.6 Å². The third-order valence-corrected chi connectivity index (χ3v) is 15.0. The molecule has 0 unspecified atom stereocenters. The molecule has 45 heavy (non-hydrogen) atoms. The molecule has 0 aromatic heterocycles. The average Bonchev–Trinajstić information content (AvgIpc) is 3.61. The fourth-order valence-corrected chi connectivity index (χ4v) is 13.2. The van der Waals surface area contributed by atoms with Gasteiger partial charge in [0.1, 0.15) is 12.4 Å². The molecule has 5 aliphatic carbocycles. The zero-order valence-electron chi connectivity index (χ0n) is 28.0. The Morgan fingerprint density at radius 3 is 2.33 bits per heavy atom. The maximum Gasteiger partial charge on any atom is 0.513 e. The molecule has 1 saturated heterocycles. The van der Waals surface area contributed by atoms with Crippen molar-refractivity contribution in [1.29, 1.82) is 0 Å². The van der Waals surface area contributed by atoms with E-state index in [4.69, 9.17) is 23.7 Å². The molecular weight excluding hydrogens is 574 g/mol. The first kappa shape index (κ1) is 31.4. The third kappa shape index (κ3) is 4.11. The number of non-ortho nitro benzene ring substituents is 1. The van der Waals surface area contributed by atoms with Crippen LogP contribution < -0.4 is 4.74 Å². The fraction of sp³-hybridized carbons (Fsp3) is 0.806. The smallest absolute Gasteiger partial charge is 0.431 e. The number of nitrogens with zero attached hydrogens (tertiary/aromatic N) is 1. The number of ether oxygens (including phenoxy) is 5. The number of carbonyl (C=O) groups excluding carboxylic acids is 1. The van der Waals surface area contributed by atoms with Gasteiger partial charge >= 0.3 is 6.16 Å².